The number of amides is 1. The Hall–Kier alpha value is -1.62. The number of carbonyl (C=O) groups is 1. The third-order valence-corrected chi connectivity index (χ3v) is 7.79. The van der Waals surface area contributed by atoms with E-state index in [-0.39, 0.29) is 11.3 Å². The van der Waals surface area contributed by atoms with Gasteiger partial charge in [0.25, 0.3) is 5.91 Å². The summed E-state index contributed by atoms with van der Waals surface area (Å²) >= 11 is 0. The first-order valence-corrected chi connectivity index (χ1v) is 11.5. The van der Waals surface area contributed by atoms with Crippen molar-refractivity contribution in [2.75, 3.05) is 32.8 Å². The second-order valence-corrected chi connectivity index (χ2v) is 9.80. The Balaban J connectivity index is 1.14. The van der Waals surface area contributed by atoms with E-state index in [4.69, 9.17) is 4.74 Å². The molecular formula is C24H33FN2O2. The van der Waals surface area contributed by atoms with Crippen molar-refractivity contribution < 1.29 is 13.9 Å². The highest BCUT2D eigenvalue weighted by Crippen LogP contribution is 2.51. The van der Waals surface area contributed by atoms with Crippen molar-refractivity contribution in [3.63, 3.8) is 0 Å². The Morgan fingerprint density at radius 2 is 1.86 bits per heavy atom. The maximum Gasteiger partial charge on any atom is 0.260 e. The number of rotatable bonds is 5. The van der Waals surface area contributed by atoms with E-state index in [1.807, 2.05) is 6.92 Å². The van der Waals surface area contributed by atoms with Gasteiger partial charge >= 0.3 is 0 Å². The van der Waals surface area contributed by atoms with Gasteiger partial charge in [-0.15, -0.1) is 0 Å². The van der Waals surface area contributed by atoms with Crippen molar-refractivity contribution in [3.05, 3.63) is 29.8 Å². The van der Waals surface area contributed by atoms with Crippen molar-refractivity contribution in [2.45, 2.75) is 69.5 Å². The number of halogens is 1. The van der Waals surface area contributed by atoms with Crippen LogP contribution in [0.2, 0.25) is 0 Å². The van der Waals surface area contributed by atoms with Crippen molar-refractivity contribution in [1.29, 1.82) is 0 Å². The number of ether oxygens (including phenoxy) is 1. The van der Waals surface area contributed by atoms with E-state index in [2.05, 4.69) is 29.2 Å². The molecule has 1 aromatic carbocycles. The SMILES string of the molecule is CCOc1ccccc1C1CCN([C@H]2CCC3(C2)CN(C(=O)C2(F)CC2)C3)CC1. The number of para-hydroxylation sites is 1. The molecule has 4 fully saturated rings. The fraction of sp³-hybridized carbons (Fsp3) is 0.708. The molecule has 2 heterocycles. The van der Waals surface area contributed by atoms with Crippen LogP contribution in [0.5, 0.6) is 5.75 Å². The summed E-state index contributed by atoms with van der Waals surface area (Å²) in [5, 5.41) is 0. The van der Waals surface area contributed by atoms with Crippen LogP contribution in [0, 0.1) is 5.41 Å². The van der Waals surface area contributed by atoms with Crippen LogP contribution in [0.4, 0.5) is 4.39 Å². The van der Waals surface area contributed by atoms with E-state index < -0.39 is 5.67 Å². The molecule has 158 valence electrons. The van der Waals surface area contributed by atoms with E-state index >= 15 is 0 Å². The summed E-state index contributed by atoms with van der Waals surface area (Å²) in [5.74, 6) is 1.40. The minimum absolute atomic E-state index is 0.236. The van der Waals surface area contributed by atoms with Gasteiger partial charge in [-0.2, -0.15) is 0 Å². The molecule has 0 radical (unpaired) electrons. The zero-order valence-corrected chi connectivity index (χ0v) is 17.5. The molecule has 1 aromatic rings. The highest BCUT2D eigenvalue weighted by molar-refractivity contribution is 5.88. The van der Waals surface area contributed by atoms with Crippen LogP contribution >= 0.6 is 0 Å². The monoisotopic (exact) mass is 400 g/mol. The number of hydrogen-bond acceptors (Lipinski definition) is 3. The predicted molar refractivity (Wildman–Crippen MR) is 111 cm³/mol. The first-order valence-electron chi connectivity index (χ1n) is 11.5. The van der Waals surface area contributed by atoms with E-state index in [0.717, 1.165) is 31.9 Å². The van der Waals surface area contributed by atoms with E-state index in [1.165, 1.54) is 37.7 Å². The van der Waals surface area contributed by atoms with E-state index in [9.17, 15) is 9.18 Å². The minimum Gasteiger partial charge on any atom is -0.494 e. The van der Waals surface area contributed by atoms with Crippen LogP contribution in [-0.4, -0.2) is 60.2 Å². The topological polar surface area (TPSA) is 32.8 Å². The van der Waals surface area contributed by atoms with Crippen molar-refractivity contribution in [1.82, 2.24) is 9.80 Å². The summed E-state index contributed by atoms with van der Waals surface area (Å²) in [7, 11) is 0. The second kappa shape index (κ2) is 7.26. The van der Waals surface area contributed by atoms with Crippen LogP contribution in [0.3, 0.4) is 0 Å². The lowest BCUT2D eigenvalue weighted by molar-refractivity contribution is -0.150. The normalized spacial score (nSPS) is 28.3. The quantitative estimate of drug-likeness (QED) is 0.744. The van der Waals surface area contributed by atoms with Gasteiger partial charge in [-0.1, -0.05) is 18.2 Å². The molecule has 0 bridgehead atoms. The Morgan fingerprint density at radius 1 is 1.14 bits per heavy atom. The Morgan fingerprint density at radius 3 is 2.55 bits per heavy atom. The van der Waals surface area contributed by atoms with Crippen LogP contribution in [-0.2, 0) is 4.79 Å². The van der Waals surface area contributed by atoms with Gasteiger partial charge in [-0.3, -0.25) is 4.79 Å². The average molecular weight is 401 g/mol. The molecule has 0 unspecified atom stereocenters. The number of likely N-dealkylation sites (tertiary alicyclic amines) is 2. The van der Waals surface area contributed by atoms with Gasteiger partial charge in [0.1, 0.15) is 5.75 Å². The summed E-state index contributed by atoms with van der Waals surface area (Å²) in [6.45, 7) is 6.61. The third kappa shape index (κ3) is 3.56. The third-order valence-electron chi connectivity index (χ3n) is 7.79. The molecule has 2 aliphatic heterocycles. The number of nitrogens with zero attached hydrogens (tertiary/aromatic N) is 2. The summed E-state index contributed by atoms with van der Waals surface area (Å²) in [6.07, 6.45) is 6.82. The molecule has 5 rings (SSSR count). The first-order chi connectivity index (χ1) is 14.0. The molecule has 1 spiro atoms. The smallest absolute Gasteiger partial charge is 0.260 e. The summed E-state index contributed by atoms with van der Waals surface area (Å²) in [4.78, 5) is 16.7. The standard InChI is InChI=1S/C24H33FN2O2/c1-2-29-21-6-4-3-5-20(21)18-8-13-26(14-9-18)19-7-10-23(15-19)16-27(17-23)22(28)24(25)11-12-24/h3-6,18-19H,2,7-17H2,1H3/t19-/m0/s1. The number of benzene rings is 1. The summed E-state index contributed by atoms with van der Waals surface area (Å²) in [5.41, 5.74) is 0.133. The molecule has 2 aliphatic carbocycles. The molecule has 0 aromatic heterocycles. The second-order valence-electron chi connectivity index (χ2n) is 9.80. The Bertz CT molecular complexity index is 764. The predicted octanol–water partition coefficient (Wildman–Crippen LogP) is 4.15. The lowest BCUT2D eigenvalue weighted by Crippen LogP contribution is -2.60. The average Bonchev–Trinajstić information content (AvgIpc) is 3.31. The number of piperidine rings is 1. The molecule has 2 saturated heterocycles. The molecule has 0 N–H and O–H groups in total. The van der Waals surface area contributed by atoms with Gasteiger partial charge in [0.05, 0.1) is 6.61 Å². The largest absolute Gasteiger partial charge is 0.494 e. The van der Waals surface area contributed by atoms with Crippen LogP contribution in [0.25, 0.3) is 0 Å². The van der Waals surface area contributed by atoms with Gasteiger partial charge in [0.2, 0.25) is 0 Å². The maximum absolute atomic E-state index is 14.1. The van der Waals surface area contributed by atoms with Crippen LogP contribution in [0.15, 0.2) is 24.3 Å². The molecule has 5 heteroatoms. The zero-order valence-electron chi connectivity index (χ0n) is 17.5. The molecule has 1 amide bonds. The zero-order chi connectivity index (χ0) is 20.1. The summed E-state index contributed by atoms with van der Waals surface area (Å²) < 4.78 is 19.9. The van der Waals surface area contributed by atoms with Crippen LogP contribution < -0.4 is 4.74 Å². The number of alkyl halides is 1. The molecule has 29 heavy (non-hydrogen) atoms. The van der Waals surface area contributed by atoms with Gasteiger partial charge < -0.3 is 14.5 Å². The van der Waals surface area contributed by atoms with Crippen molar-refractivity contribution in [2.24, 2.45) is 5.41 Å². The lowest BCUT2D eigenvalue weighted by Gasteiger charge is -2.49. The molecule has 4 aliphatic rings. The Kier molecular flexibility index (Phi) is 4.84. The highest BCUT2D eigenvalue weighted by atomic mass is 19.1. The van der Waals surface area contributed by atoms with E-state index in [1.54, 1.807) is 4.90 Å². The van der Waals surface area contributed by atoms with Gasteiger partial charge in [0, 0.05) is 24.5 Å². The fourth-order valence-electron chi connectivity index (χ4n) is 5.97. The van der Waals surface area contributed by atoms with Gasteiger partial charge in [0.15, 0.2) is 5.67 Å². The molecule has 2 saturated carbocycles. The van der Waals surface area contributed by atoms with Crippen molar-refractivity contribution >= 4 is 5.91 Å². The Labute approximate surface area is 173 Å². The van der Waals surface area contributed by atoms with Gasteiger partial charge in [-0.25, -0.2) is 4.39 Å². The fourth-order valence-corrected chi connectivity index (χ4v) is 5.97. The van der Waals surface area contributed by atoms with Crippen LogP contribution in [0.1, 0.15) is 63.4 Å². The number of hydrogen-bond donors (Lipinski definition) is 0. The highest BCUT2D eigenvalue weighted by Gasteiger charge is 2.58. The number of carbonyl (C=O) groups excluding carboxylic acids is 1. The van der Waals surface area contributed by atoms with Crippen molar-refractivity contribution in [3.8, 4) is 5.75 Å². The van der Waals surface area contributed by atoms with E-state index in [0.29, 0.717) is 31.4 Å². The van der Waals surface area contributed by atoms with Gasteiger partial charge in [-0.05, 0) is 82.5 Å². The maximum atomic E-state index is 14.1. The molecule has 4 nitrogen and oxygen atoms in total. The summed E-state index contributed by atoms with van der Waals surface area (Å²) in [6, 6.07) is 9.14. The lowest BCUT2D eigenvalue weighted by atomic mass is 9.77. The first kappa shape index (κ1) is 19.3. The molecular weight excluding hydrogens is 367 g/mol. The molecule has 1 atom stereocenters. The minimum atomic E-state index is -1.50.